The standard InChI is InChI=1S/C5H12N2O2S/c6-4-1-5(7)3-10(8,9)2-4/h4-5H,1-3,6-7H2/t4-,5+. The van der Waals surface area contributed by atoms with Gasteiger partial charge >= 0.3 is 0 Å². The minimum absolute atomic E-state index is 0.0979. The first kappa shape index (κ1) is 7.97. The van der Waals surface area contributed by atoms with E-state index < -0.39 is 9.84 Å². The molecule has 1 aliphatic heterocycles. The second-order valence-corrected chi connectivity index (χ2v) is 4.99. The highest BCUT2D eigenvalue weighted by Gasteiger charge is 2.27. The average molecular weight is 164 g/mol. The van der Waals surface area contributed by atoms with Gasteiger partial charge in [0.25, 0.3) is 0 Å². The monoisotopic (exact) mass is 164 g/mol. The van der Waals surface area contributed by atoms with Crippen LogP contribution in [0.2, 0.25) is 0 Å². The molecule has 0 saturated carbocycles. The van der Waals surface area contributed by atoms with Gasteiger partial charge in [-0.3, -0.25) is 0 Å². The van der Waals surface area contributed by atoms with Gasteiger partial charge in [-0.25, -0.2) is 8.42 Å². The van der Waals surface area contributed by atoms with Crippen LogP contribution in [0.5, 0.6) is 0 Å². The van der Waals surface area contributed by atoms with Gasteiger partial charge in [-0.1, -0.05) is 0 Å². The van der Waals surface area contributed by atoms with Gasteiger partial charge in [-0.05, 0) is 6.42 Å². The highest BCUT2D eigenvalue weighted by molar-refractivity contribution is 7.91. The minimum atomic E-state index is -2.93. The fourth-order valence-corrected chi connectivity index (χ4v) is 2.96. The molecule has 5 heteroatoms. The van der Waals surface area contributed by atoms with Crippen LogP contribution in [0.3, 0.4) is 0 Å². The van der Waals surface area contributed by atoms with Crippen LogP contribution in [0.4, 0.5) is 0 Å². The van der Waals surface area contributed by atoms with E-state index in [1.807, 2.05) is 0 Å². The molecule has 0 unspecified atom stereocenters. The largest absolute Gasteiger partial charge is 0.327 e. The summed E-state index contributed by atoms with van der Waals surface area (Å²) in [6, 6.07) is -0.512. The highest BCUT2D eigenvalue weighted by Crippen LogP contribution is 2.08. The molecule has 1 saturated heterocycles. The molecule has 0 radical (unpaired) electrons. The van der Waals surface area contributed by atoms with Crippen LogP contribution in [-0.2, 0) is 9.84 Å². The van der Waals surface area contributed by atoms with Crippen molar-refractivity contribution in [3.63, 3.8) is 0 Å². The second kappa shape index (κ2) is 2.48. The molecule has 0 spiro atoms. The summed E-state index contributed by atoms with van der Waals surface area (Å²) in [5.41, 5.74) is 10.9. The van der Waals surface area contributed by atoms with E-state index in [9.17, 15) is 8.42 Å². The summed E-state index contributed by atoms with van der Waals surface area (Å²) < 4.78 is 21.8. The number of hydrogen-bond acceptors (Lipinski definition) is 4. The molecule has 1 rings (SSSR count). The highest BCUT2D eigenvalue weighted by atomic mass is 32.2. The zero-order valence-corrected chi connectivity index (χ0v) is 6.47. The number of rotatable bonds is 0. The van der Waals surface area contributed by atoms with Gasteiger partial charge in [0.15, 0.2) is 9.84 Å². The molecule has 4 N–H and O–H groups in total. The topological polar surface area (TPSA) is 86.2 Å². The third kappa shape index (κ3) is 1.93. The molecule has 1 heterocycles. The molecule has 0 aromatic carbocycles. The zero-order valence-electron chi connectivity index (χ0n) is 5.66. The molecule has 10 heavy (non-hydrogen) atoms. The molecule has 1 fully saturated rings. The van der Waals surface area contributed by atoms with Crippen molar-refractivity contribution in [1.82, 2.24) is 0 Å². The Balaban J connectivity index is 2.69. The van der Waals surface area contributed by atoms with Crippen LogP contribution in [0, 0.1) is 0 Å². The first-order valence-corrected chi connectivity index (χ1v) is 5.03. The SMILES string of the molecule is N[C@@H]1C[C@H](N)CS(=O)(=O)C1. The number of sulfone groups is 1. The molecule has 0 aliphatic carbocycles. The van der Waals surface area contributed by atoms with Crippen molar-refractivity contribution in [1.29, 1.82) is 0 Å². The van der Waals surface area contributed by atoms with Crippen molar-refractivity contribution in [2.24, 2.45) is 11.5 Å². The third-order valence-electron chi connectivity index (χ3n) is 1.54. The molecule has 0 amide bonds. The minimum Gasteiger partial charge on any atom is -0.327 e. The van der Waals surface area contributed by atoms with Gasteiger partial charge in [-0.2, -0.15) is 0 Å². The van der Waals surface area contributed by atoms with E-state index in [0.717, 1.165) is 0 Å². The van der Waals surface area contributed by atoms with Gasteiger partial charge in [0.1, 0.15) is 0 Å². The summed E-state index contributed by atoms with van der Waals surface area (Å²) in [6.45, 7) is 0. The summed E-state index contributed by atoms with van der Waals surface area (Å²) >= 11 is 0. The van der Waals surface area contributed by atoms with Gasteiger partial charge in [-0.15, -0.1) is 0 Å². The fraction of sp³-hybridized carbons (Fsp3) is 1.00. The van der Waals surface area contributed by atoms with Crippen molar-refractivity contribution < 1.29 is 8.42 Å². The Morgan fingerprint density at radius 3 is 1.80 bits per heavy atom. The first-order chi connectivity index (χ1) is 4.49. The molecule has 1 aliphatic rings. The van der Waals surface area contributed by atoms with Crippen LogP contribution in [-0.4, -0.2) is 32.0 Å². The molecular formula is C5H12N2O2S. The van der Waals surface area contributed by atoms with Crippen molar-refractivity contribution in [3.05, 3.63) is 0 Å². The Labute approximate surface area is 60.5 Å². The third-order valence-corrected chi connectivity index (χ3v) is 3.41. The quantitative estimate of drug-likeness (QED) is 0.454. The molecule has 60 valence electrons. The Bertz CT molecular complexity index is 196. The van der Waals surface area contributed by atoms with E-state index in [-0.39, 0.29) is 23.6 Å². The molecule has 0 bridgehead atoms. The summed E-state index contributed by atoms with van der Waals surface area (Å²) in [5, 5.41) is 0. The van der Waals surface area contributed by atoms with Crippen LogP contribution < -0.4 is 11.5 Å². The van der Waals surface area contributed by atoms with E-state index in [1.165, 1.54) is 0 Å². The Hall–Kier alpha value is -0.130. The van der Waals surface area contributed by atoms with Gasteiger partial charge < -0.3 is 11.5 Å². The Kier molecular flexibility index (Phi) is 1.98. The van der Waals surface area contributed by atoms with Crippen molar-refractivity contribution in [2.45, 2.75) is 18.5 Å². The maximum absolute atomic E-state index is 10.9. The summed E-state index contributed by atoms with van der Waals surface area (Å²) in [5.74, 6) is 0.196. The predicted octanol–water partition coefficient (Wildman–Crippen LogP) is -1.54. The van der Waals surface area contributed by atoms with Crippen molar-refractivity contribution in [2.75, 3.05) is 11.5 Å². The van der Waals surface area contributed by atoms with Crippen LogP contribution in [0.15, 0.2) is 0 Å². The van der Waals surface area contributed by atoms with Crippen molar-refractivity contribution >= 4 is 9.84 Å². The molecule has 2 atom stereocenters. The molecular weight excluding hydrogens is 152 g/mol. The lowest BCUT2D eigenvalue weighted by atomic mass is 10.1. The normalized spacial score (nSPS) is 39.4. The lowest BCUT2D eigenvalue weighted by Gasteiger charge is -2.23. The van der Waals surface area contributed by atoms with E-state index in [1.54, 1.807) is 0 Å². The number of nitrogens with two attached hydrogens (primary N) is 2. The van der Waals surface area contributed by atoms with Crippen LogP contribution in [0.25, 0.3) is 0 Å². The van der Waals surface area contributed by atoms with Crippen LogP contribution >= 0.6 is 0 Å². The molecule has 0 aromatic heterocycles. The maximum Gasteiger partial charge on any atom is 0.153 e. The number of hydrogen-bond donors (Lipinski definition) is 2. The fourth-order valence-electron chi connectivity index (χ4n) is 1.25. The zero-order chi connectivity index (χ0) is 7.78. The first-order valence-electron chi connectivity index (χ1n) is 3.21. The smallest absolute Gasteiger partial charge is 0.153 e. The second-order valence-electron chi connectivity index (χ2n) is 2.83. The summed E-state index contributed by atoms with van der Waals surface area (Å²) in [4.78, 5) is 0. The average Bonchev–Trinajstić information content (AvgIpc) is 1.54. The molecule has 0 aromatic rings. The summed E-state index contributed by atoms with van der Waals surface area (Å²) in [6.07, 6.45) is 0.624. The van der Waals surface area contributed by atoms with Gasteiger partial charge in [0.05, 0.1) is 11.5 Å². The van der Waals surface area contributed by atoms with Gasteiger partial charge in [0, 0.05) is 12.1 Å². The van der Waals surface area contributed by atoms with E-state index in [0.29, 0.717) is 6.42 Å². The Morgan fingerprint density at radius 2 is 1.50 bits per heavy atom. The Morgan fingerprint density at radius 1 is 1.10 bits per heavy atom. The van der Waals surface area contributed by atoms with E-state index >= 15 is 0 Å². The predicted molar refractivity (Wildman–Crippen MR) is 39.2 cm³/mol. The van der Waals surface area contributed by atoms with Crippen molar-refractivity contribution in [3.8, 4) is 0 Å². The van der Waals surface area contributed by atoms with Crippen LogP contribution in [0.1, 0.15) is 6.42 Å². The molecule has 4 nitrogen and oxygen atoms in total. The summed E-state index contributed by atoms with van der Waals surface area (Å²) in [7, 11) is -2.93. The van der Waals surface area contributed by atoms with E-state index in [4.69, 9.17) is 11.5 Å². The van der Waals surface area contributed by atoms with E-state index in [2.05, 4.69) is 0 Å². The lowest BCUT2D eigenvalue weighted by Crippen LogP contribution is -2.46. The van der Waals surface area contributed by atoms with Gasteiger partial charge in [0.2, 0.25) is 0 Å². The maximum atomic E-state index is 10.9. The lowest BCUT2D eigenvalue weighted by molar-refractivity contribution is 0.518.